The predicted molar refractivity (Wildman–Crippen MR) is 83.8 cm³/mol. The zero-order valence-corrected chi connectivity index (χ0v) is 13.1. The lowest BCUT2D eigenvalue weighted by Crippen LogP contribution is -2.22. The van der Waals surface area contributed by atoms with Gasteiger partial charge in [-0.15, -0.1) is 34.3 Å². The standard InChI is InChI=1S/C13H14ClN3S2/c1-9(11-4-3-6-18-11)16(2)12-10(8-14)17-5-7-19-13(17)15-12/h3-7,9H,8H2,1-2H3. The average Bonchev–Trinajstić information content (AvgIpc) is 3.12. The van der Waals surface area contributed by atoms with Crippen LogP contribution in [0.3, 0.4) is 0 Å². The topological polar surface area (TPSA) is 20.5 Å². The van der Waals surface area contributed by atoms with E-state index in [1.54, 1.807) is 22.7 Å². The van der Waals surface area contributed by atoms with Crippen LogP contribution in [0.5, 0.6) is 0 Å². The number of imidazole rings is 1. The summed E-state index contributed by atoms with van der Waals surface area (Å²) in [5.41, 5.74) is 1.06. The van der Waals surface area contributed by atoms with Gasteiger partial charge in [0.25, 0.3) is 0 Å². The first-order valence-corrected chi connectivity index (χ1v) is 8.28. The molecule has 3 heterocycles. The average molecular weight is 312 g/mol. The molecular formula is C13H14ClN3S2. The van der Waals surface area contributed by atoms with Gasteiger partial charge < -0.3 is 4.90 Å². The van der Waals surface area contributed by atoms with Crippen LogP contribution >= 0.6 is 34.3 Å². The number of rotatable bonds is 4. The van der Waals surface area contributed by atoms with Gasteiger partial charge in [0.2, 0.25) is 0 Å². The van der Waals surface area contributed by atoms with Gasteiger partial charge in [-0.25, -0.2) is 4.98 Å². The number of alkyl halides is 1. The van der Waals surface area contributed by atoms with E-state index in [9.17, 15) is 0 Å². The molecule has 0 bridgehead atoms. The number of aromatic nitrogens is 2. The van der Waals surface area contributed by atoms with E-state index in [0.29, 0.717) is 11.9 Å². The third-order valence-corrected chi connectivity index (χ3v) is 5.39. The van der Waals surface area contributed by atoms with E-state index < -0.39 is 0 Å². The van der Waals surface area contributed by atoms with E-state index in [1.807, 2.05) is 11.6 Å². The number of fused-ring (bicyclic) bond motifs is 1. The Bertz CT molecular complexity index is 671. The molecule has 0 aliphatic carbocycles. The van der Waals surface area contributed by atoms with Gasteiger partial charge in [-0.1, -0.05) is 6.07 Å². The Morgan fingerprint density at radius 3 is 2.95 bits per heavy atom. The molecule has 1 unspecified atom stereocenters. The van der Waals surface area contributed by atoms with Gasteiger partial charge in [-0.05, 0) is 18.4 Å². The fourth-order valence-electron chi connectivity index (χ4n) is 2.13. The fourth-order valence-corrected chi connectivity index (χ4v) is 3.93. The van der Waals surface area contributed by atoms with E-state index in [1.165, 1.54) is 4.88 Å². The molecule has 0 aliphatic rings. The Hall–Kier alpha value is -1.04. The van der Waals surface area contributed by atoms with Crippen LogP contribution in [0.25, 0.3) is 4.96 Å². The molecular weight excluding hydrogens is 298 g/mol. The summed E-state index contributed by atoms with van der Waals surface area (Å²) in [6.07, 6.45) is 2.03. The van der Waals surface area contributed by atoms with Crippen LogP contribution in [-0.4, -0.2) is 16.4 Å². The molecule has 0 N–H and O–H groups in total. The number of thiazole rings is 1. The lowest BCUT2D eigenvalue weighted by atomic mass is 10.2. The van der Waals surface area contributed by atoms with Crippen molar-refractivity contribution in [1.29, 1.82) is 0 Å². The molecule has 3 aromatic rings. The Kier molecular flexibility index (Phi) is 3.52. The summed E-state index contributed by atoms with van der Waals surface area (Å²) in [6, 6.07) is 4.54. The minimum Gasteiger partial charge on any atom is -0.351 e. The second kappa shape index (κ2) is 5.15. The molecule has 0 fully saturated rings. The Balaban J connectivity index is 2.01. The monoisotopic (exact) mass is 311 g/mol. The highest BCUT2D eigenvalue weighted by atomic mass is 35.5. The smallest absolute Gasteiger partial charge is 0.195 e. The van der Waals surface area contributed by atoms with Gasteiger partial charge in [0.05, 0.1) is 17.6 Å². The summed E-state index contributed by atoms with van der Waals surface area (Å²) >= 11 is 9.51. The highest BCUT2D eigenvalue weighted by Crippen LogP contribution is 2.32. The zero-order valence-electron chi connectivity index (χ0n) is 10.7. The second-order valence-electron chi connectivity index (χ2n) is 4.37. The number of nitrogens with zero attached hydrogens (tertiary/aromatic N) is 3. The zero-order chi connectivity index (χ0) is 13.4. The van der Waals surface area contributed by atoms with Crippen LogP contribution < -0.4 is 4.90 Å². The normalized spacial score (nSPS) is 13.0. The van der Waals surface area contributed by atoms with Crippen molar-refractivity contribution in [2.45, 2.75) is 18.8 Å². The molecule has 6 heteroatoms. The van der Waals surface area contributed by atoms with Crippen LogP contribution in [0.1, 0.15) is 23.5 Å². The minimum absolute atomic E-state index is 0.298. The molecule has 0 spiro atoms. The molecule has 19 heavy (non-hydrogen) atoms. The van der Waals surface area contributed by atoms with Crippen molar-refractivity contribution in [1.82, 2.24) is 9.38 Å². The molecule has 0 amide bonds. The molecule has 3 aromatic heterocycles. The van der Waals surface area contributed by atoms with Gasteiger partial charge in [0, 0.05) is 23.5 Å². The van der Waals surface area contributed by atoms with E-state index in [0.717, 1.165) is 16.5 Å². The molecule has 3 rings (SSSR count). The number of halogens is 1. The van der Waals surface area contributed by atoms with E-state index in [2.05, 4.69) is 40.8 Å². The number of hydrogen-bond donors (Lipinski definition) is 0. The van der Waals surface area contributed by atoms with Crippen molar-refractivity contribution in [3.05, 3.63) is 39.7 Å². The first-order chi connectivity index (χ1) is 9.22. The summed E-state index contributed by atoms with van der Waals surface area (Å²) in [5.74, 6) is 1.44. The van der Waals surface area contributed by atoms with Crippen LogP contribution in [0, 0.1) is 0 Å². The number of anilines is 1. The van der Waals surface area contributed by atoms with Crippen molar-refractivity contribution < 1.29 is 0 Å². The Labute approximate surface area is 125 Å². The quantitative estimate of drug-likeness (QED) is 0.666. The SMILES string of the molecule is CC(c1cccs1)N(C)c1nc2sccn2c1CCl. The molecule has 3 nitrogen and oxygen atoms in total. The van der Waals surface area contributed by atoms with Crippen molar-refractivity contribution >= 4 is 45.1 Å². The highest BCUT2D eigenvalue weighted by molar-refractivity contribution is 7.15. The van der Waals surface area contributed by atoms with Crippen molar-refractivity contribution in [2.24, 2.45) is 0 Å². The number of hydrogen-bond acceptors (Lipinski definition) is 4. The maximum absolute atomic E-state index is 6.10. The highest BCUT2D eigenvalue weighted by Gasteiger charge is 2.20. The second-order valence-corrected chi connectivity index (χ2v) is 6.49. The largest absolute Gasteiger partial charge is 0.351 e. The summed E-state index contributed by atoms with van der Waals surface area (Å²) in [5, 5.41) is 4.14. The van der Waals surface area contributed by atoms with Crippen LogP contribution in [0.15, 0.2) is 29.1 Å². The third-order valence-electron chi connectivity index (χ3n) is 3.34. The van der Waals surface area contributed by atoms with E-state index >= 15 is 0 Å². The van der Waals surface area contributed by atoms with Gasteiger partial charge in [0.1, 0.15) is 0 Å². The van der Waals surface area contributed by atoms with Crippen molar-refractivity contribution in [3.63, 3.8) is 0 Å². The Morgan fingerprint density at radius 1 is 1.42 bits per heavy atom. The van der Waals surface area contributed by atoms with Crippen LogP contribution in [0.4, 0.5) is 5.82 Å². The summed E-state index contributed by atoms with van der Waals surface area (Å²) in [6.45, 7) is 2.19. The molecule has 0 saturated carbocycles. The maximum Gasteiger partial charge on any atom is 0.195 e. The molecule has 1 atom stereocenters. The number of thiophene rings is 1. The van der Waals surface area contributed by atoms with Crippen molar-refractivity contribution in [2.75, 3.05) is 11.9 Å². The summed E-state index contributed by atoms with van der Waals surface area (Å²) in [7, 11) is 2.08. The fraction of sp³-hybridized carbons (Fsp3) is 0.308. The van der Waals surface area contributed by atoms with Gasteiger partial charge in [-0.3, -0.25) is 4.40 Å². The van der Waals surface area contributed by atoms with E-state index in [-0.39, 0.29) is 0 Å². The van der Waals surface area contributed by atoms with Gasteiger partial charge in [0.15, 0.2) is 10.8 Å². The summed E-state index contributed by atoms with van der Waals surface area (Å²) in [4.78, 5) is 9.23. The molecule has 100 valence electrons. The van der Waals surface area contributed by atoms with Gasteiger partial charge >= 0.3 is 0 Å². The van der Waals surface area contributed by atoms with Crippen molar-refractivity contribution in [3.8, 4) is 0 Å². The Morgan fingerprint density at radius 2 is 2.26 bits per heavy atom. The molecule has 0 saturated heterocycles. The van der Waals surface area contributed by atoms with Crippen LogP contribution in [0.2, 0.25) is 0 Å². The lowest BCUT2D eigenvalue weighted by Gasteiger charge is -2.24. The third kappa shape index (κ3) is 2.16. The van der Waals surface area contributed by atoms with Gasteiger partial charge in [-0.2, -0.15) is 0 Å². The van der Waals surface area contributed by atoms with E-state index in [4.69, 9.17) is 16.6 Å². The lowest BCUT2D eigenvalue weighted by molar-refractivity contribution is 0.741. The van der Waals surface area contributed by atoms with Crippen LogP contribution in [-0.2, 0) is 5.88 Å². The minimum atomic E-state index is 0.298. The molecule has 0 aromatic carbocycles. The first kappa shape index (κ1) is 13.0. The predicted octanol–water partition coefficient (Wildman–Crippen LogP) is 4.39. The summed E-state index contributed by atoms with van der Waals surface area (Å²) < 4.78 is 2.07. The first-order valence-electron chi connectivity index (χ1n) is 5.99. The maximum atomic E-state index is 6.10. The molecule has 0 radical (unpaired) electrons. The molecule has 0 aliphatic heterocycles.